The van der Waals surface area contributed by atoms with Crippen LogP contribution in [-0.2, 0) is 6.42 Å². The van der Waals surface area contributed by atoms with Gasteiger partial charge in [0, 0.05) is 22.7 Å². The zero-order chi connectivity index (χ0) is 16.8. The summed E-state index contributed by atoms with van der Waals surface area (Å²) in [7, 11) is 0. The third kappa shape index (κ3) is 2.56. The summed E-state index contributed by atoms with van der Waals surface area (Å²) in [4.78, 5) is 0. The third-order valence-electron chi connectivity index (χ3n) is 4.00. The summed E-state index contributed by atoms with van der Waals surface area (Å²) in [6, 6.07) is 10.9. The van der Waals surface area contributed by atoms with Gasteiger partial charge in [0.1, 0.15) is 5.82 Å². The maximum absolute atomic E-state index is 6.39. The van der Waals surface area contributed by atoms with Gasteiger partial charge < -0.3 is 5.32 Å². The lowest BCUT2D eigenvalue weighted by Crippen LogP contribution is -2.04. The van der Waals surface area contributed by atoms with Crippen LogP contribution in [0.5, 0.6) is 0 Å². The smallest absolute Gasteiger partial charge is 0.133 e. The van der Waals surface area contributed by atoms with Gasteiger partial charge in [0.2, 0.25) is 0 Å². The van der Waals surface area contributed by atoms with Crippen LogP contribution in [0.15, 0.2) is 36.4 Å². The number of nitrogens with one attached hydrogen (secondary N) is 1. The maximum Gasteiger partial charge on any atom is 0.133 e. The van der Waals surface area contributed by atoms with Crippen LogP contribution in [0.4, 0.5) is 5.82 Å². The van der Waals surface area contributed by atoms with Crippen LogP contribution in [0.3, 0.4) is 0 Å². The highest BCUT2D eigenvalue weighted by Gasteiger charge is 2.26. The van der Waals surface area contributed by atoms with Gasteiger partial charge in [-0.3, -0.25) is 0 Å². The maximum atomic E-state index is 6.39. The van der Waals surface area contributed by atoms with Gasteiger partial charge in [0.05, 0.1) is 26.4 Å². The molecule has 1 N–H and O–H groups in total. The highest BCUT2D eigenvalue weighted by atomic mass is 35.5. The van der Waals surface area contributed by atoms with Crippen molar-refractivity contribution >= 4 is 52.2 Å². The predicted octanol–water partition coefficient (Wildman–Crippen LogP) is 6.12. The molecule has 3 nitrogen and oxygen atoms in total. The molecule has 3 aromatic rings. The Labute approximate surface area is 159 Å². The van der Waals surface area contributed by atoms with Crippen molar-refractivity contribution in [2.24, 2.45) is 0 Å². The second-order valence-electron chi connectivity index (χ2n) is 5.46. The minimum atomic E-state index is 0.501. The molecule has 0 fully saturated rings. The highest BCUT2D eigenvalue weighted by Crippen LogP contribution is 2.40. The van der Waals surface area contributed by atoms with Crippen molar-refractivity contribution in [3.8, 4) is 16.9 Å². The number of halogens is 4. The van der Waals surface area contributed by atoms with E-state index in [-0.39, 0.29) is 0 Å². The average molecular weight is 399 g/mol. The van der Waals surface area contributed by atoms with Gasteiger partial charge in [0.25, 0.3) is 0 Å². The monoisotopic (exact) mass is 397 g/mol. The van der Waals surface area contributed by atoms with Gasteiger partial charge in [-0.1, -0.05) is 58.5 Å². The summed E-state index contributed by atoms with van der Waals surface area (Å²) in [5.74, 6) is 0.922. The molecule has 0 saturated carbocycles. The van der Waals surface area contributed by atoms with Crippen LogP contribution in [0.1, 0.15) is 5.56 Å². The first-order valence-electron chi connectivity index (χ1n) is 7.32. The Hall–Kier alpha value is -1.39. The molecule has 24 heavy (non-hydrogen) atoms. The van der Waals surface area contributed by atoms with Gasteiger partial charge in [-0.25, -0.2) is 4.68 Å². The summed E-state index contributed by atoms with van der Waals surface area (Å²) in [6.45, 7) is 0.837. The van der Waals surface area contributed by atoms with Crippen LogP contribution in [-0.4, -0.2) is 16.3 Å². The van der Waals surface area contributed by atoms with Crippen molar-refractivity contribution in [1.29, 1.82) is 0 Å². The molecule has 0 radical (unpaired) electrons. The number of nitrogens with zero attached hydrogens (tertiary/aromatic N) is 2. The van der Waals surface area contributed by atoms with E-state index >= 15 is 0 Å². The van der Waals surface area contributed by atoms with Crippen molar-refractivity contribution < 1.29 is 0 Å². The Morgan fingerprint density at radius 1 is 1.00 bits per heavy atom. The van der Waals surface area contributed by atoms with Crippen molar-refractivity contribution in [2.45, 2.75) is 6.42 Å². The van der Waals surface area contributed by atoms with E-state index in [2.05, 4.69) is 5.32 Å². The Morgan fingerprint density at radius 2 is 1.83 bits per heavy atom. The van der Waals surface area contributed by atoms with E-state index in [4.69, 9.17) is 51.5 Å². The molecule has 1 aliphatic rings. The van der Waals surface area contributed by atoms with Crippen LogP contribution in [0.25, 0.3) is 16.9 Å². The third-order valence-corrected chi connectivity index (χ3v) is 5.35. The fourth-order valence-corrected chi connectivity index (χ4v) is 3.78. The number of rotatable bonds is 2. The van der Waals surface area contributed by atoms with Gasteiger partial charge in [-0.05, 0) is 30.7 Å². The summed E-state index contributed by atoms with van der Waals surface area (Å²) < 4.78 is 1.80. The summed E-state index contributed by atoms with van der Waals surface area (Å²) in [6.07, 6.45) is 0.860. The number of fused-ring (bicyclic) bond motifs is 1. The minimum absolute atomic E-state index is 0.501. The van der Waals surface area contributed by atoms with Gasteiger partial charge in [-0.2, -0.15) is 5.10 Å². The zero-order valence-electron chi connectivity index (χ0n) is 12.3. The quantitative estimate of drug-likeness (QED) is 0.563. The Bertz CT molecular complexity index is 949. The number of hydrogen-bond donors (Lipinski definition) is 1. The summed E-state index contributed by atoms with van der Waals surface area (Å²) in [5.41, 5.74) is 3.49. The van der Waals surface area contributed by atoms with Gasteiger partial charge >= 0.3 is 0 Å². The second kappa shape index (κ2) is 6.16. The highest BCUT2D eigenvalue weighted by molar-refractivity contribution is 6.43. The summed E-state index contributed by atoms with van der Waals surface area (Å²) >= 11 is 24.9. The lowest BCUT2D eigenvalue weighted by Gasteiger charge is -2.09. The number of hydrogen-bond acceptors (Lipinski definition) is 2. The molecule has 1 aliphatic heterocycles. The molecular formula is C17H11Cl4N3. The van der Waals surface area contributed by atoms with E-state index in [0.29, 0.717) is 20.1 Å². The lowest BCUT2D eigenvalue weighted by atomic mass is 10.1. The molecule has 0 atom stereocenters. The average Bonchev–Trinajstić information content (AvgIpc) is 3.13. The fourth-order valence-electron chi connectivity index (χ4n) is 2.91. The molecule has 2 heterocycles. The van der Waals surface area contributed by atoms with Crippen molar-refractivity contribution in [3.05, 3.63) is 62.1 Å². The predicted molar refractivity (Wildman–Crippen MR) is 101 cm³/mol. The number of benzene rings is 2. The van der Waals surface area contributed by atoms with E-state index in [1.54, 1.807) is 22.9 Å². The molecule has 2 aromatic carbocycles. The van der Waals surface area contributed by atoms with Gasteiger partial charge in [0.15, 0.2) is 0 Å². The van der Waals surface area contributed by atoms with Crippen molar-refractivity contribution in [1.82, 2.24) is 9.78 Å². The van der Waals surface area contributed by atoms with Gasteiger partial charge in [-0.15, -0.1) is 0 Å². The molecular weight excluding hydrogens is 388 g/mol. The standard InChI is InChI=1S/C17H11Cl4N3/c18-9-4-5-14(13(20)8-9)24-17-11(6-7-22-17)16(23-24)10-2-1-3-12(19)15(10)21/h1-5,8,22H,6-7H2. The van der Waals surface area contributed by atoms with Crippen LogP contribution in [0.2, 0.25) is 20.1 Å². The van der Waals surface area contributed by atoms with E-state index < -0.39 is 0 Å². The molecule has 122 valence electrons. The lowest BCUT2D eigenvalue weighted by molar-refractivity contribution is 0.883. The molecule has 1 aromatic heterocycles. The molecule has 0 saturated heterocycles. The Balaban J connectivity index is 1.94. The van der Waals surface area contributed by atoms with Crippen molar-refractivity contribution in [3.63, 3.8) is 0 Å². The molecule has 0 aliphatic carbocycles. The zero-order valence-corrected chi connectivity index (χ0v) is 15.3. The molecule has 0 bridgehead atoms. The molecule has 0 unspecified atom stereocenters. The fraction of sp³-hybridized carbons (Fsp3) is 0.118. The molecule has 0 amide bonds. The summed E-state index contributed by atoms with van der Waals surface area (Å²) in [5, 5.41) is 10.2. The van der Waals surface area contributed by atoms with Crippen LogP contribution in [0, 0.1) is 0 Å². The molecule has 0 spiro atoms. The van der Waals surface area contributed by atoms with Crippen molar-refractivity contribution in [2.75, 3.05) is 11.9 Å². The number of anilines is 1. The Kier molecular flexibility index (Phi) is 4.13. The minimum Gasteiger partial charge on any atom is -0.369 e. The van der Waals surface area contributed by atoms with E-state index in [1.807, 2.05) is 18.2 Å². The van der Waals surface area contributed by atoms with Crippen LogP contribution < -0.4 is 5.32 Å². The topological polar surface area (TPSA) is 29.9 Å². The van der Waals surface area contributed by atoms with E-state index in [9.17, 15) is 0 Å². The normalized spacial score (nSPS) is 13.0. The first-order valence-corrected chi connectivity index (χ1v) is 8.83. The van der Waals surface area contributed by atoms with E-state index in [1.165, 1.54) is 0 Å². The first kappa shape index (κ1) is 16.1. The number of aromatic nitrogens is 2. The SMILES string of the molecule is Clc1ccc(-n2nc(-c3cccc(Cl)c3Cl)c3c2NCC3)c(Cl)c1. The first-order chi connectivity index (χ1) is 11.6. The van der Waals surface area contributed by atoms with Crippen LogP contribution >= 0.6 is 46.4 Å². The molecule has 7 heteroatoms. The second-order valence-corrected chi connectivity index (χ2v) is 7.09. The molecule has 4 rings (SSSR count). The Morgan fingerprint density at radius 3 is 2.62 bits per heavy atom. The largest absolute Gasteiger partial charge is 0.369 e. The van der Waals surface area contributed by atoms with E-state index in [0.717, 1.165) is 41.3 Å².